The van der Waals surface area contributed by atoms with E-state index >= 15 is 0 Å². The zero-order valence-corrected chi connectivity index (χ0v) is 9.47. The number of rotatable bonds is 4. The van der Waals surface area contributed by atoms with Crippen molar-refractivity contribution in [2.45, 2.75) is 32.9 Å². The van der Waals surface area contributed by atoms with Gasteiger partial charge in [0.05, 0.1) is 0 Å². The summed E-state index contributed by atoms with van der Waals surface area (Å²) in [5, 5.41) is 15.4. The fourth-order valence-electron chi connectivity index (χ4n) is 1.31. The smallest absolute Gasteiger partial charge is 0.354 e. The van der Waals surface area contributed by atoms with E-state index in [-0.39, 0.29) is 17.6 Å². The zero-order valence-electron chi connectivity index (χ0n) is 9.47. The molecule has 6 heteroatoms. The first kappa shape index (κ1) is 12.2. The molecule has 1 rings (SSSR count). The molecule has 0 saturated carbocycles. The van der Waals surface area contributed by atoms with Crippen molar-refractivity contribution in [3.05, 3.63) is 18.0 Å². The van der Waals surface area contributed by atoms with Gasteiger partial charge in [-0.25, -0.2) is 9.48 Å². The number of carboxylic acid groups (broad SMARTS) is 1. The number of aromatic carboxylic acids is 1. The first-order valence-electron chi connectivity index (χ1n) is 5.00. The molecular weight excluding hydrogens is 210 g/mol. The maximum absolute atomic E-state index is 11.7. The Morgan fingerprint density at radius 3 is 2.56 bits per heavy atom. The number of carboxylic acids is 1. The molecule has 1 unspecified atom stereocenters. The van der Waals surface area contributed by atoms with E-state index in [1.165, 1.54) is 16.9 Å². The molecule has 0 spiro atoms. The molecule has 6 nitrogen and oxygen atoms in total. The van der Waals surface area contributed by atoms with E-state index in [2.05, 4.69) is 10.4 Å². The van der Waals surface area contributed by atoms with Crippen LogP contribution in [0, 0.1) is 0 Å². The summed E-state index contributed by atoms with van der Waals surface area (Å²) in [4.78, 5) is 22.5. The highest BCUT2D eigenvalue weighted by atomic mass is 16.4. The Bertz CT molecular complexity index is 398. The van der Waals surface area contributed by atoms with Crippen LogP contribution < -0.4 is 5.32 Å². The number of aromatic nitrogens is 2. The average molecular weight is 225 g/mol. The number of hydrogen-bond donors (Lipinski definition) is 2. The number of hydrogen-bond acceptors (Lipinski definition) is 3. The van der Waals surface area contributed by atoms with Gasteiger partial charge in [0.25, 0.3) is 0 Å². The molecule has 2 N–H and O–H groups in total. The Hall–Kier alpha value is -1.85. The summed E-state index contributed by atoms with van der Waals surface area (Å²) < 4.78 is 1.19. The fourth-order valence-corrected chi connectivity index (χ4v) is 1.31. The molecule has 0 aliphatic rings. The minimum Gasteiger partial charge on any atom is -0.477 e. The Morgan fingerprint density at radius 1 is 1.44 bits per heavy atom. The van der Waals surface area contributed by atoms with Crippen LogP contribution >= 0.6 is 0 Å². The highest BCUT2D eigenvalue weighted by Gasteiger charge is 2.21. The summed E-state index contributed by atoms with van der Waals surface area (Å²) in [6, 6.07) is 0.740. The van der Waals surface area contributed by atoms with Gasteiger partial charge in [-0.05, 0) is 26.8 Å². The van der Waals surface area contributed by atoms with E-state index in [1.54, 1.807) is 6.92 Å². The SMILES string of the molecule is CC(C)NC(=O)C(C)n1nccc1C(=O)O. The zero-order chi connectivity index (χ0) is 12.3. The van der Waals surface area contributed by atoms with Gasteiger partial charge in [0.15, 0.2) is 0 Å². The minimum atomic E-state index is -1.10. The van der Waals surface area contributed by atoms with Gasteiger partial charge in [-0.1, -0.05) is 0 Å². The van der Waals surface area contributed by atoms with E-state index in [9.17, 15) is 9.59 Å². The van der Waals surface area contributed by atoms with Crippen molar-refractivity contribution in [3.63, 3.8) is 0 Å². The van der Waals surface area contributed by atoms with Crippen LogP contribution in [0.4, 0.5) is 0 Å². The molecule has 88 valence electrons. The van der Waals surface area contributed by atoms with Gasteiger partial charge in [-0.2, -0.15) is 5.10 Å². The number of carbonyl (C=O) groups excluding carboxylic acids is 1. The van der Waals surface area contributed by atoms with E-state index < -0.39 is 12.0 Å². The summed E-state index contributed by atoms with van der Waals surface area (Å²) in [7, 11) is 0. The molecule has 0 saturated heterocycles. The van der Waals surface area contributed by atoms with E-state index in [0.29, 0.717) is 0 Å². The van der Waals surface area contributed by atoms with Crippen LogP contribution in [0.1, 0.15) is 37.3 Å². The second-order valence-corrected chi connectivity index (χ2v) is 3.81. The monoisotopic (exact) mass is 225 g/mol. The van der Waals surface area contributed by atoms with Gasteiger partial charge in [0.2, 0.25) is 5.91 Å². The summed E-state index contributed by atoms with van der Waals surface area (Å²) >= 11 is 0. The van der Waals surface area contributed by atoms with Crippen molar-refractivity contribution >= 4 is 11.9 Å². The molecular formula is C10H15N3O3. The molecule has 1 heterocycles. The predicted octanol–water partition coefficient (Wildman–Crippen LogP) is 0.667. The normalized spacial score (nSPS) is 12.5. The molecule has 1 amide bonds. The Morgan fingerprint density at radius 2 is 2.06 bits per heavy atom. The van der Waals surface area contributed by atoms with Crippen LogP contribution in [0.25, 0.3) is 0 Å². The van der Waals surface area contributed by atoms with Gasteiger partial charge in [-0.15, -0.1) is 0 Å². The molecule has 0 aliphatic carbocycles. The molecule has 0 aromatic carbocycles. The van der Waals surface area contributed by atoms with Crippen LogP contribution in [0.2, 0.25) is 0 Å². The summed E-state index contributed by atoms with van der Waals surface area (Å²) in [6.45, 7) is 5.29. The van der Waals surface area contributed by atoms with Gasteiger partial charge in [-0.3, -0.25) is 4.79 Å². The lowest BCUT2D eigenvalue weighted by atomic mass is 10.2. The third-order valence-electron chi connectivity index (χ3n) is 2.07. The maximum atomic E-state index is 11.7. The number of amides is 1. The summed E-state index contributed by atoms with van der Waals surface area (Å²) in [5.74, 6) is -1.34. The van der Waals surface area contributed by atoms with Crippen LogP contribution in [0.15, 0.2) is 12.3 Å². The molecule has 16 heavy (non-hydrogen) atoms. The summed E-state index contributed by atoms with van der Waals surface area (Å²) in [5.41, 5.74) is 0.00593. The minimum absolute atomic E-state index is 0.00593. The molecule has 0 bridgehead atoms. The lowest BCUT2D eigenvalue weighted by Gasteiger charge is -2.16. The number of nitrogens with one attached hydrogen (secondary N) is 1. The van der Waals surface area contributed by atoms with Crippen LogP contribution in [-0.4, -0.2) is 32.8 Å². The van der Waals surface area contributed by atoms with Gasteiger partial charge in [0, 0.05) is 12.2 Å². The second kappa shape index (κ2) is 4.78. The fraction of sp³-hybridized carbons (Fsp3) is 0.500. The Kier molecular flexibility index (Phi) is 3.65. The summed E-state index contributed by atoms with van der Waals surface area (Å²) in [6.07, 6.45) is 1.36. The molecule has 1 atom stereocenters. The lowest BCUT2D eigenvalue weighted by molar-refractivity contribution is -0.124. The van der Waals surface area contributed by atoms with E-state index in [0.717, 1.165) is 0 Å². The van der Waals surface area contributed by atoms with Crippen molar-refractivity contribution in [2.24, 2.45) is 0 Å². The molecule has 1 aromatic rings. The van der Waals surface area contributed by atoms with Crippen molar-refractivity contribution < 1.29 is 14.7 Å². The molecule has 1 aromatic heterocycles. The first-order valence-corrected chi connectivity index (χ1v) is 5.00. The first-order chi connectivity index (χ1) is 7.43. The Balaban J connectivity index is 2.87. The van der Waals surface area contributed by atoms with Gasteiger partial charge >= 0.3 is 5.97 Å². The highest BCUT2D eigenvalue weighted by molar-refractivity contribution is 5.87. The number of nitrogens with zero attached hydrogens (tertiary/aromatic N) is 2. The molecule has 0 radical (unpaired) electrons. The number of carbonyl (C=O) groups is 2. The average Bonchev–Trinajstić information content (AvgIpc) is 2.63. The van der Waals surface area contributed by atoms with Crippen LogP contribution in [0.5, 0.6) is 0 Å². The second-order valence-electron chi connectivity index (χ2n) is 3.81. The van der Waals surface area contributed by atoms with E-state index in [4.69, 9.17) is 5.11 Å². The quantitative estimate of drug-likeness (QED) is 0.788. The third kappa shape index (κ3) is 2.59. The Labute approximate surface area is 93.3 Å². The van der Waals surface area contributed by atoms with Crippen molar-refractivity contribution in [3.8, 4) is 0 Å². The van der Waals surface area contributed by atoms with Crippen molar-refractivity contribution in [1.82, 2.24) is 15.1 Å². The van der Waals surface area contributed by atoms with Gasteiger partial charge < -0.3 is 10.4 Å². The van der Waals surface area contributed by atoms with Crippen LogP contribution in [-0.2, 0) is 4.79 Å². The highest BCUT2D eigenvalue weighted by Crippen LogP contribution is 2.09. The van der Waals surface area contributed by atoms with E-state index in [1.807, 2.05) is 13.8 Å². The largest absolute Gasteiger partial charge is 0.477 e. The lowest BCUT2D eigenvalue weighted by Crippen LogP contribution is -2.36. The topological polar surface area (TPSA) is 84.2 Å². The standard InChI is InChI=1S/C10H15N3O3/c1-6(2)12-9(14)7(3)13-8(10(15)16)4-5-11-13/h4-7H,1-3H3,(H,12,14)(H,15,16). The van der Waals surface area contributed by atoms with Crippen molar-refractivity contribution in [2.75, 3.05) is 0 Å². The predicted molar refractivity (Wildman–Crippen MR) is 57.2 cm³/mol. The van der Waals surface area contributed by atoms with Crippen LogP contribution in [0.3, 0.4) is 0 Å². The third-order valence-corrected chi connectivity index (χ3v) is 2.07. The maximum Gasteiger partial charge on any atom is 0.354 e. The molecule has 0 aliphatic heterocycles. The molecule has 0 fully saturated rings. The van der Waals surface area contributed by atoms with Gasteiger partial charge in [0.1, 0.15) is 11.7 Å². The van der Waals surface area contributed by atoms with Crippen molar-refractivity contribution in [1.29, 1.82) is 0 Å².